The molecule has 1 aliphatic rings. The Bertz CT molecular complexity index is 341. The van der Waals surface area contributed by atoms with Crippen LogP contribution in [0.1, 0.15) is 5.56 Å². The van der Waals surface area contributed by atoms with Crippen molar-refractivity contribution in [3.63, 3.8) is 0 Å². The summed E-state index contributed by atoms with van der Waals surface area (Å²) in [6.45, 7) is 0.652. The molecule has 0 aromatic heterocycles. The topological polar surface area (TPSA) is 29.5 Å². The normalized spacial score (nSPS) is 18.2. The van der Waals surface area contributed by atoms with Gasteiger partial charge in [0.15, 0.2) is 5.60 Å². The van der Waals surface area contributed by atoms with E-state index in [2.05, 4.69) is 11.8 Å². The van der Waals surface area contributed by atoms with Crippen LogP contribution < -0.4 is 0 Å². The van der Waals surface area contributed by atoms with Gasteiger partial charge in [-0.2, -0.15) is 0 Å². The molecule has 0 spiro atoms. The van der Waals surface area contributed by atoms with Gasteiger partial charge >= 0.3 is 0 Å². The Hall–Kier alpha value is -1.30. The van der Waals surface area contributed by atoms with E-state index >= 15 is 0 Å². The highest BCUT2D eigenvalue weighted by Gasteiger charge is 2.33. The van der Waals surface area contributed by atoms with E-state index in [-0.39, 0.29) is 0 Å². The van der Waals surface area contributed by atoms with E-state index in [4.69, 9.17) is 4.74 Å². The van der Waals surface area contributed by atoms with E-state index in [1.165, 1.54) is 0 Å². The number of benzene rings is 1. The van der Waals surface area contributed by atoms with Gasteiger partial charge < -0.3 is 9.84 Å². The number of hydrogen-bond acceptors (Lipinski definition) is 2. The summed E-state index contributed by atoms with van der Waals surface area (Å²) in [5.41, 5.74) is 0.0124. The summed E-state index contributed by atoms with van der Waals surface area (Å²) in [6, 6.07) is 9.61. The molecule has 1 aliphatic heterocycles. The lowest BCUT2D eigenvalue weighted by molar-refractivity contribution is -0.140. The van der Waals surface area contributed by atoms with Crippen molar-refractivity contribution in [1.29, 1.82) is 0 Å². The third kappa shape index (κ3) is 1.89. The van der Waals surface area contributed by atoms with Gasteiger partial charge in [-0.1, -0.05) is 30.0 Å². The minimum absolute atomic E-state index is 0.326. The monoisotopic (exact) mass is 174 g/mol. The molecule has 1 saturated heterocycles. The fraction of sp³-hybridized carbons (Fsp3) is 0.273. The molecule has 0 amide bonds. The van der Waals surface area contributed by atoms with Gasteiger partial charge in [0.05, 0.1) is 13.2 Å². The summed E-state index contributed by atoms with van der Waals surface area (Å²) in [6.07, 6.45) is 0. The van der Waals surface area contributed by atoms with Crippen LogP contribution in [0.4, 0.5) is 0 Å². The van der Waals surface area contributed by atoms with E-state index in [0.29, 0.717) is 13.2 Å². The molecule has 1 fully saturated rings. The standard InChI is InChI=1S/C11H10O2/c12-11(8-13-9-11)7-6-10-4-2-1-3-5-10/h1-5,12H,8-9H2. The molecule has 0 bridgehead atoms. The number of hydrogen-bond donors (Lipinski definition) is 1. The summed E-state index contributed by atoms with van der Waals surface area (Å²) < 4.78 is 4.87. The Kier molecular flexibility index (Phi) is 2.05. The minimum atomic E-state index is -0.907. The Labute approximate surface area is 77.2 Å². The highest BCUT2D eigenvalue weighted by atomic mass is 16.5. The quantitative estimate of drug-likeness (QED) is 0.589. The summed E-state index contributed by atoms with van der Waals surface area (Å²) in [4.78, 5) is 0. The minimum Gasteiger partial charge on any atom is -0.373 e. The van der Waals surface area contributed by atoms with Gasteiger partial charge in [0.2, 0.25) is 0 Å². The van der Waals surface area contributed by atoms with Crippen LogP contribution in [0.3, 0.4) is 0 Å². The lowest BCUT2D eigenvalue weighted by Crippen LogP contribution is -2.48. The van der Waals surface area contributed by atoms with Crippen molar-refractivity contribution in [3.05, 3.63) is 35.9 Å². The van der Waals surface area contributed by atoms with Crippen LogP contribution in [0.2, 0.25) is 0 Å². The Morgan fingerprint density at radius 3 is 2.46 bits per heavy atom. The fourth-order valence-corrected chi connectivity index (χ4v) is 1.08. The van der Waals surface area contributed by atoms with Crippen molar-refractivity contribution in [2.24, 2.45) is 0 Å². The summed E-state index contributed by atoms with van der Waals surface area (Å²) in [5.74, 6) is 5.70. The van der Waals surface area contributed by atoms with Crippen LogP contribution in [0.25, 0.3) is 0 Å². The first kappa shape index (κ1) is 8.31. The SMILES string of the molecule is OC1(C#Cc2ccccc2)COC1. The molecule has 1 heterocycles. The summed E-state index contributed by atoms with van der Waals surface area (Å²) in [5, 5.41) is 9.57. The van der Waals surface area contributed by atoms with E-state index < -0.39 is 5.60 Å². The number of ether oxygens (including phenoxy) is 1. The zero-order chi connectivity index (χ0) is 9.15. The lowest BCUT2D eigenvalue weighted by Gasteiger charge is -2.30. The third-order valence-corrected chi connectivity index (χ3v) is 1.89. The molecular weight excluding hydrogens is 164 g/mol. The van der Waals surface area contributed by atoms with E-state index in [9.17, 15) is 5.11 Å². The summed E-state index contributed by atoms with van der Waals surface area (Å²) in [7, 11) is 0. The zero-order valence-electron chi connectivity index (χ0n) is 7.16. The molecule has 2 nitrogen and oxygen atoms in total. The molecule has 2 rings (SSSR count). The van der Waals surface area contributed by atoms with Gasteiger partial charge in [-0.3, -0.25) is 0 Å². The number of aliphatic hydroxyl groups is 1. The van der Waals surface area contributed by atoms with Crippen molar-refractivity contribution in [1.82, 2.24) is 0 Å². The molecular formula is C11H10O2. The van der Waals surface area contributed by atoms with Crippen LogP contribution in [-0.2, 0) is 4.74 Å². The molecule has 66 valence electrons. The molecule has 0 unspecified atom stereocenters. The molecule has 2 heteroatoms. The maximum absolute atomic E-state index is 9.57. The van der Waals surface area contributed by atoms with Crippen molar-refractivity contribution in [3.8, 4) is 11.8 Å². The second-order valence-electron chi connectivity index (χ2n) is 3.14. The predicted molar refractivity (Wildman–Crippen MR) is 49.1 cm³/mol. The van der Waals surface area contributed by atoms with Crippen LogP contribution >= 0.6 is 0 Å². The highest BCUT2D eigenvalue weighted by molar-refractivity contribution is 5.36. The van der Waals surface area contributed by atoms with Crippen LogP contribution in [0.5, 0.6) is 0 Å². The maximum atomic E-state index is 9.57. The van der Waals surface area contributed by atoms with Crippen molar-refractivity contribution < 1.29 is 9.84 Å². The molecule has 1 aromatic rings. The molecule has 0 radical (unpaired) electrons. The van der Waals surface area contributed by atoms with Gasteiger partial charge in [-0.25, -0.2) is 0 Å². The van der Waals surface area contributed by atoms with Gasteiger partial charge in [-0.15, -0.1) is 0 Å². The smallest absolute Gasteiger partial charge is 0.172 e. The average Bonchev–Trinajstić information content (AvgIpc) is 2.13. The summed E-state index contributed by atoms with van der Waals surface area (Å²) >= 11 is 0. The predicted octanol–water partition coefficient (Wildman–Crippen LogP) is 0.799. The maximum Gasteiger partial charge on any atom is 0.172 e. The highest BCUT2D eigenvalue weighted by Crippen LogP contribution is 2.14. The Morgan fingerprint density at radius 1 is 1.23 bits per heavy atom. The molecule has 0 aliphatic carbocycles. The lowest BCUT2D eigenvalue weighted by atomic mass is 10.0. The molecule has 1 aromatic carbocycles. The van der Waals surface area contributed by atoms with Crippen molar-refractivity contribution >= 4 is 0 Å². The number of rotatable bonds is 0. The fourth-order valence-electron chi connectivity index (χ4n) is 1.08. The molecule has 1 N–H and O–H groups in total. The van der Waals surface area contributed by atoms with E-state index in [1.807, 2.05) is 30.3 Å². The van der Waals surface area contributed by atoms with Gasteiger partial charge in [0, 0.05) is 5.56 Å². The average molecular weight is 174 g/mol. The first-order valence-electron chi connectivity index (χ1n) is 4.17. The second-order valence-corrected chi connectivity index (χ2v) is 3.14. The first-order chi connectivity index (χ1) is 6.29. The van der Waals surface area contributed by atoms with Crippen LogP contribution in [0, 0.1) is 11.8 Å². The van der Waals surface area contributed by atoms with Crippen LogP contribution in [0.15, 0.2) is 30.3 Å². The van der Waals surface area contributed by atoms with Gasteiger partial charge in [0.25, 0.3) is 0 Å². The molecule has 0 saturated carbocycles. The zero-order valence-corrected chi connectivity index (χ0v) is 7.16. The molecule has 13 heavy (non-hydrogen) atoms. The van der Waals surface area contributed by atoms with Crippen molar-refractivity contribution in [2.45, 2.75) is 5.60 Å². The van der Waals surface area contributed by atoms with Gasteiger partial charge in [-0.05, 0) is 12.1 Å². The largest absolute Gasteiger partial charge is 0.373 e. The molecule has 0 atom stereocenters. The van der Waals surface area contributed by atoms with Crippen molar-refractivity contribution in [2.75, 3.05) is 13.2 Å². The van der Waals surface area contributed by atoms with E-state index in [1.54, 1.807) is 0 Å². The third-order valence-electron chi connectivity index (χ3n) is 1.89. The van der Waals surface area contributed by atoms with Gasteiger partial charge in [0.1, 0.15) is 0 Å². The van der Waals surface area contributed by atoms with Crippen LogP contribution in [-0.4, -0.2) is 23.9 Å². The Morgan fingerprint density at radius 2 is 1.92 bits per heavy atom. The first-order valence-corrected chi connectivity index (χ1v) is 4.17. The second kappa shape index (κ2) is 3.21. The van der Waals surface area contributed by atoms with E-state index in [0.717, 1.165) is 5.56 Å². The Balaban J connectivity index is 2.13.